The molecule has 1 aliphatic rings. The first-order valence-electron chi connectivity index (χ1n) is 8.00. The number of ether oxygens (including phenoxy) is 1. The Balaban J connectivity index is 1.90. The van der Waals surface area contributed by atoms with E-state index in [-0.39, 0.29) is 12.1 Å². The lowest BCUT2D eigenvalue weighted by Gasteiger charge is -2.26. The zero-order valence-corrected chi connectivity index (χ0v) is 14.9. The zero-order valence-electron chi connectivity index (χ0n) is 14.1. The monoisotopic (exact) mass is 338 g/mol. The second kappa shape index (κ2) is 8.34. The summed E-state index contributed by atoms with van der Waals surface area (Å²) in [5, 5.41) is 5.78. The number of fused-ring (bicyclic) bond motifs is 1. The number of methoxy groups -OCH3 is 1. The number of urea groups is 1. The molecule has 0 saturated carbocycles. The number of hydrogen-bond donors (Lipinski definition) is 2. The molecule has 3 atom stereocenters. The van der Waals surface area contributed by atoms with Crippen molar-refractivity contribution >= 4 is 16.8 Å². The molecular formula is C17H26N2O3S. The van der Waals surface area contributed by atoms with Crippen molar-refractivity contribution in [3.63, 3.8) is 0 Å². The van der Waals surface area contributed by atoms with Crippen LogP contribution in [0.4, 0.5) is 4.79 Å². The molecule has 1 aliphatic carbocycles. The van der Waals surface area contributed by atoms with Crippen molar-refractivity contribution in [1.82, 2.24) is 10.6 Å². The number of carbonyl (C=O) groups is 1. The van der Waals surface area contributed by atoms with E-state index in [0.717, 1.165) is 25.0 Å². The molecule has 0 saturated heterocycles. The number of amides is 2. The molecule has 1 aromatic rings. The maximum absolute atomic E-state index is 11.9. The van der Waals surface area contributed by atoms with Crippen LogP contribution < -0.4 is 15.4 Å². The van der Waals surface area contributed by atoms with Gasteiger partial charge in [-0.15, -0.1) is 0 Å². The minimum Gasteiger partial charge on any atom is -0.497 e. The van der Waals surface area contributed by atoms with E-state index in [1.54, 1.807) is 13.4 Å². The van der Waals surface area contributed by atoms with Gasteiger partial charge in [0.1, 0.15) is 5.75 Å². The summed E-state index contributed by atoms with van der Waals surface area (Å²) in [7, 11) is 0.771. The minimum atomic E-state index is -0.908. The van der Waals surface area contributed by atoms with E-state index < -0.39 is 10.8 Å². The first-order chi connectivity index (χ1) is 11.0. The highest BCUT2D eigenvalue weighted by Gasteiger charge is 2.21. The molecule has 0 fully saturated rings. The molecule has 0 aliphatic heterocycles. The van der Waals surface area contributed by atoms with Crippen molar-refractivity contribution in [1.29, 1.82) is 0 Å². The van der Waals surface area contributed by atoms with Gasteiger partial charge in [0.25, 0.3) is 0 Å². The third-order valence-electron chi connectivity index (χ3n) is 4.16. The molecular weight excluding hydrogens is 312 g/mol. The first-order valence-corrected chi connectivity index (χ1v) is 9.73. The number of rotatable bonds is 6. The summed E-state index contributed by atoms with van der Waals surface area (Å²) in [4.78, 5) is 11.9. The van der Waals surface area contributed by atoms with E-state index in [1.807, 2.05) is 13.0 Å². The van der Waals surface area contributed by atoms with Crippen molar-refractivity contribution in [3.8, 4) is 5.75 Å². The Hall–Kier alpha value is -1.56. The highest BCUT2D eigenvalue weighted by Crippen LogP contribution is 2.33. The van der Waals surface area contributed by atoms with Crippen molar-refractivity contribution in [3.05, 3.63) is 29.3 Å². The average molecular weight is 338 g/mol. The molecule has 0 bridgehead atoms. The zero-order chi connectivity index (χ0) is 16.8. The van der Waals surface area contributed by atoms with Crippen LogP contribution in [-0.2, 0) is 17.2 Å². The summed E-state index contributed by atoms with van der Waals surface area (Å²) in [5.74, 6) is 1.70. The van der Waals surface area contributed by atoms with Crippen molar-refractivity contribution < 1.29 is 13.7 Å². The van der Waals surface area contributed by atoms with E-state index in [9.17, 15) is 9.00 Å². The van der Waals surface area contributed by atoms with Gasteiger partial charge in [-0.05, 0) is 49.4 Å². The summed E-state index contributed by atoms with van der Waals surface area (Å²) in [6, 6.07) is 5.91. The second-order valence-electron chi connectivity index (χ2n) is 6.15. The normalized spacial score (nSPS) is 19.3. The first kappa shape index (κ1) is 17.8. The van der Waals surface area contributed by atoms with Crippen LogP contribution in [0.2, 0.25) is 0 Å². The summed E-state index contributed by atoms with van der Waals surface area (Å²) in [6.07, 6.45) is 4.91. The molecule has 0 heterocycles. The number of hydrogen-bond acceptors (Lipinski definition) is 3. The molecule has 0 radical (unpaired) electrons. The van der Waals surface area contributed by atoms with E-state index in [1.165, 1.54) is 11.1 Å². The Morgan fingerprint density at radius 1 is 1.48 bits per heavy atom. The standard InChI is InChI=1S/C17H26N2O3S/c1-12(11-23(3)21)19-17(20)18-10-14-6-4-5-13-9-15(22-2)7-8-16(13)14/h7-9,12,14H,4-6,10-11H2,1-3H3,(H2,18,19,20)/t12-,14-,23+/m1/s1. The molecule has 128 valence electrons. The number of carbonyl (C=O) groups excluding carboxylic acids is 1. The molecule has 0 unspecified atom stereocenters. The third kappa shape index (κ3) is 5.23. The Morgan fingerprint density at radius 3 is 2.96 bits per heavy atom. The Kier molecular flexibility index (Phi) is 6.45. The fraction of sp³-hybridized carbons (Fsp3) is 0.588. The van der Waals surface area contributed by atoms with Gasteiger partial charge in [0.15, 0.2) is 0 Å². The molecule has 1 aromatic carbocycles. The van der Waals surface area contributed by atoms with Crippen LogP contribution in [0.1, 0.15) is 36.8 Å². The van der Waals surface area contributed by atoms with Gasteiger partial charge in [0.05, 0.1) is 7.11 Å². The molecule has 2 N–H and O–H groups in total. The van der Waals surface area contributed by atoms with Crippen molar-refractivity contribution in [2.75, 3.05) is 25.7 Å². The Labute approximate surface area is 140 Å². The molecule has 2 rings (SSSR count). The van der Waals surface area contributed by atoms with Crippen LogP contribution in [0.3, 0.4) is 0 Å². The van der Waals surface area contributed by atoms with Crippen molar-refractivity contribution in [2.45, 2.75) is 38.1 Å². The second-order valence-corrected chi connectivity index (χ2v) is 7.63. The lowest BCUT2D eigenvalue weighted by Crippen LogP contribution is -2.44. The van der Waals surface area contributed by atoms with Gasteiger partial charge in [-0.3, -0.25) is 4.21 Å². The van der Waals surface area contributed by atoms with E-state index in [4.69, 9.17) is 4.74 Å². The van der Waals surface area contributed by atoms with Crippen LogP contribution in [0.25, 0.3) is 0 Å². The quantitative estimate of drug-likeness (QED) is 0.835. The Bertz CT molecular complexity index is 577. The number of nitrogens with one attached hydrogen (secondary N) is 2. The predicted octanol–water partition coefficient (Wildman–Crippen LogP) is 2.18. The van der Waals surface area contributed by atoms with Crippen LogP contribution >= 0.6 is 0 Å². The lowest BCUT2D eigenvalue weighted by atomic mass is 9.82. The molecule has 6 heteroatoms. The van der Waals surface area contributed by atoms with Gasteiger partial charge in [-0.2, -0.15) is 0 Å². The van der Waals surface area contributed by atoms with Crippen molar-refractivity contribution in [2.24, 2.45) is 0 Å². The third-order valence-corrected chi connectivity index (χ3v) is 5.13. The average Bonchev–Trinajstić information content (AvgIpc) is 2.51. The summed E-state index contributed by atoms with van der Waals surface area (Å²) >= 11 is 0. The minimum absolute atomic E-state index is 0.0938. The summed E-state index contributed by atoms with van der Waals surface area (Å²) in [6.45, 7) is 2.48. The predicted molar refractivity (Wildman–Crippen MR) is 93.6 cm³/mol. The number of aryl methyl sites for hydroxylation is 1. The fourth-order valence-electron chi connectivity index (χ4n) is 3.11. The van der Waals surface area contributed by atoms with Gasteiger partial charge in [-0.1, -0.05) is 6.07 Å². The molecule has 5 nitrogen and oxygen atoms in total. The van der Waals surface area contributed by atoms with Crippen LogP contribution in [0.5, 0.6) is 5.75 Å². The highest BCUT2D eigenvalue weighted by molar-refractivity contribution is 7.84. The van der Waals surface area contributed by atoms with Gasteiger partial charge in [0.2, 0.25) is 0 Å². The fourth-order valence-corrected chi connectivity index (χ4v) is 3.90. The molecule has 23 heavy (non-hydrogen) atoms. The molecule has 2 amide bonds. The van der Waals surface area contributed by atoms with Gasteiger partial charge in [0, 0.05) is 41.3 Å². The smallest absolute Gasteiger partial charge is 0.315 e. The van der Waals surface area contributed by atoms with Crippen LogP contribution in [0, 0.1) is 0 Å². The summed E-state index contributed by atoms with van der Waals surface area (Å²) in [5.41, 5.74) is 2.62. The lowest BCUT2D eigenvalue weighted by molar-refractivity contribution is 0.237. The molecule has 0 spiro atoms. The maximum Gasteiger partial charge on any atom is 0.315 e. The van der Waals surface area contributed by atoms with Crippen LogP contribution in [-0.4, -0.2) is 41.9 Å². The molecule has 0 aromatic heterocycles. The SMILES string of the molecule is COc1ccc2c(c1)CCC[C@@H]2CNC(=O)N[C@H](C)C[S@](C)=O. The largest absolute Gasteiger partial charge is 0.497 e. The number of benzene rings is 1. The highest BCUT2D eigenvalue weighted by atomic mass is 32.2. The van der Waals surface area contributed by atoms with E-state index >= 15 is 0 Å². The Morgan fingerprint density at radius 2 is 2.26 bits per heavy atom. The van der Waals surface area contributed by atoms with Gasteiger partial charge >= 0.3 is 6.03 Å². The van der Waals surface area contributed by atoms with Gasteiger partial charge in [-0.25, -0.2) is 4.79 Å². The maximum atomic E-state index is 11.9. The van der Waals surface area contributed by atoms with E-state index in [2.05, 4.69) is 22.8 Å². The summed E-state index contributed by atoms with van der Waals surface area (Å²) < 4.78 is 16.4. The topological polar surface area (TPSA) is 67.4 Å². The van der Waals surface area contributed by atoms with E-state index in [0.29, 0.717) is 18.2 Å². The van der Waals surface area contributed by atoms with Gasteiger partial charge < -0.3 is 15.4 Å². The van der Waals surface area contributed by atoms with Crippen LogP contribution in [0.15, 0.2) is 18.2 Å².